The standard InChI is InChI=1S/C22H22FN3O4/c1-14(27)25-19(12-17-4-3-5-18(23)10-17)21(28)26-20(22(29)30-2)11-15-6-8-16(13-24)9-7-15/h3-10,19-20H,11-12H2,1-2H3,(H,25,27)(H,26,28)/t19-,20+/m0/s1. The van der Waals surface area contributed by atoms with Gasteiger partial charge in [-0.15, -0.1) is 0 Å². The number of amides is 2. The summed E-state index contributed by atoms with van der Waals surface area (Å²) in [6.45, 7) is 1.26. The van der Waals surface area contributed by atoms with Crippen molar-refractivity contribution in [3.05, 3.63) is 71.0 Å². The van der Waals surface area contributed by atoms with Gasteiger partial charge >= 0.3 is 5.97 Å². The molecule has 0 aliphatic heterocycles. The lowest BCUT2D eigenvalue weighted by atomic mass is 10.0. The van der Waals surface area contributed by atoms with Crippen molar-refractivity contribution in [2.24, 2.45) is 0 Å². The Kier molecular flexibility index (Phi) is 8.06. The topological polar surface area (TPSA) is 108 Å². The molecule has 2 atom stereocenters. The van der Waals surface area contributed by atoms with Crippen molar-refractivity contribution >= 4 is 17.8 Å². The Hall–Kier alpha value is -3.73. The highest BCUT2D eigenvalue weighted by Gasteiger charge is 2.27. The van der Waals surface area contributed by atoms with Gasteiger partial charge in [-0.1, -0.05) is 24.3 Å². The molecule has 2 aromatic carbocycles. The Bertz CT molecular complexity index is 954. The first-order valence-corrected chi connectivity index (χ1v) is 9.21. The second kappa shape index (κ2) is 10.7. The Morgan fingerprint density at radius 3 is 2.27 bits per heavy atom. The Labute approximate surface area is 173 Å². The number of nitrogens with one attached hydrogen (secondary N) is 2. The highest BCUT2D eigenvalue weighted by Crippen LogP contribution is 2.10. The second-order valence-electron chi connectivity index (χ2n) is 6.68. The van der Waals surface area contributed by atoms with Crippen molar-refractivity contribution in [1.82, 2.24) is 10.6 Å². The number of nitriles is 1. The number of nitrogens with zero attached hydrogens (tertiary/aromatic N) is 1. The average Bonchev–Trinajstić information content (AvgIpc) is 2.72. The maximum atomic E-state index is 13.5. The normalized spacial score (nSPS) is 12.2. The number of methoxy groups -OCH3 is 1. The largest absolute Gasteiger partial charge is 0.467 e. The zero-order chi connectivity index (χ0) is 22.1. The Balaban J connectivity index is 2.17. The van der Waals surface area contributed by atoms with E-state index in [1.165, 1.54) is 32.2 Å². The molecule has 0 heterocycles. The Morgan fingerprint density at radius 1 is 1.03 bits per heavy atom. The van der Waals surface area contributed by atoms with Gasteiger partial charge in [-0.2, -0.15) is 5.26 Å². The van der Waals surface area contributed by atoms with E-state index in [0.29, 0.717) is 16.7 Å². The first-order valence-electron chi connectivity index (χ1n) is 9.21. The molecule has 2 amide bonds. The monoisotopic (exact) mass is 411 g/mol. The van der Waals surface area contributed by atoms with Crippen LogP contribution in [0, 0.1) is 17.1 Å². The number of ether oxygens (including phenoxy) is 1. The van der Waals surface area contributed by atoms with Crippen LogP contribution in [0.25, 0.3) is 0 Å². The summed E-state index contributed by atoms with van der Waals surface area (Å²) in [7, 11) is 1.21. The van der Waals surface area contributed by atoms with Crippen molar-refractivity contribution in [2.45, 2.75) is 31.8 Å². The van der Waals surface area contributed by atoms with Gasteiger partial charge in [-0.3, -0.25) is 9.59 Å². The molecule has 0 saturated heterocycles. The number of hydrogen-bond donors (Lipinski definition) is 2. The summed E-state index contributed by atoms with van der Waals surface area (Å²) >= 11 is 0. The van der Waals surface area contributed by atoms with Crippen LogP contribution in [-0.2, 0) is 32.0 Å². The number of halogens is 1. The van der Waals surface area contributed by atoms with Crippen molar-refractivity contribution in [2.75, 3.05) is 7.11 Å². The third kappa shape index (κ3) is 6.71. The van der Waals surface area contributed by atoms with E-state index in [2.05, 4.69) is 10.6 Å². The molecular formula is C22H22FN3O4. The number of hydrogen-bond acceptors (Lipinski definition) is 5. The van der Waals surface area contributed by atoms with Gasteiger partial charge in [0, 0.05) is 19.8 Å². The maximum Gasteiger partial charge on any atom is 0.328 e. The van der Waals surface area contributed by atoms with Crippen LogP contribution < -0.4 is 10.6 Å². The van der Waals surface area contributed by atoms with E-state index in [4.69, 9.17) is 10.00 Å². The summed E-state index contributed by atoms with van der Waals surface area (Å²) in [6, 6.07) is 12.3. The first-order chi connectivity index (χ1) is 14.3. The molecule has 8 heteroatoms. The van der Waals surface area contributed by atoms with Crippen molar-refractivity contribution in [1.29, 1.82) is 5.26 Å². The van der Waals surface area contributed by atoms with Crippen molar-refractivity contribution < 1.29 is 23.5 Å². The van der Waals surface area contributed by atoms with Crippen LogP contribution in [0.5, 0.6) is 0 Å². The molecule has 0 spiro atoms. The minimum absolute atomic E-state index is 0.0495. The van der Waals surface area contributed by atoms with Crippen LogP contribution in [0.3, 0.4) is 0 Å². The van der Waals surface area contributed by atoms with E-state index in [-0.39, 0.29) is 12.8 Å². The van der Waals surface area contributed by atoms with E-state index in [1.54, 1.807) is 30.3 Å². The second-order valence-corrected chi connectivity index (χ2v) is 6.68. The van der Waals surface area contributed by atoms with Crippen LogP contribution in [-0.4, -0.2) is 37.0 Å². The van der Waals surface area contributed by atoms with Gasteiger partial charge in [-0.25, -0.2) is 9.18 Å². The lowest BCUT2D eigenvalue weighted by molar-refractivity contribution is -0.145. The van der Waals surface area contributed by atoms with Gasteiger partial charge in [0.1, 0.15) is 17.9 Å². The summed E-state index contributed by atoms with van der Waals surface area (Å²) in [4.78, 5) is 36.6. The van der Waals surface area contributed by atoms with Crippen molar-refractivity contribution in [3.8, 4) is 6.07 Å². The van der Waals surface area contributed by atoms with Crippen LogP contribution >= 0.6 is 0 Å². The molecule has 0 aliphatic carbocycles. The average molecular weight is 411 g/mol. The number of esters is 1. The van der Waals surface area contributed by atoms with E-state index in [0.717, 1.165) is 0 Å². The zero-order valence-corrected chi connectivity index (χ0v) is 16.6. The molecular weight excluding hydrogens is 389 g/mol. The highest BCUT2D eigenvalue weighted by atomic mass is 19.1. The SMILES string of the molecule is COC(=O)[C@@H](Cc1ccc(C#N)cc1)NC(=O)[C@H](Cc1cccc(F)c1)NC(C)=O. The van der Waals surface area contributed by atoms with Gasteiger partial charge in [0.2, 0.25) is 11.8 Å². The molecule has 0 bridgehead atoms. The molecule has 2 N–H and O–H groups in total. The molecule has 0 aromatic heterocycles. The van der Waals surface area contributed by atoms with Crippen molar-refractivity contribution in [3.63, 3.8) is 0 Å². The summed E-state index contributed by atoms with van der Waals surface area (Å²) in [6.07, 6.45) is 0.185. The van der Waals surface area contributed by atoms with Gasteiger partial charge in [-0.05, 0) is 35.4 Å². The summed E-state index contributed by atoms with van der Waals surface area (Å²) in [5.74, 6) is -2.14. The molecule has 0 saturated carbocycles. The molecule has 156 valence electrons. The minimum atomic E-state index is -1.00. The fraction of sp³-hybridized carbons (Fsp3) is 0.273. The molecule has 0 aliphatic rings. The summed E-state index contributed by atoms with van der Waals surface area (Å²) in [5, 5.41) is 14.0. The lowest BCUT2D eigenvalue weighted by Gasteiger charge is -2.22. The lowest BCUT2D eigenvalue weighted by Crippen LogP contribution is -2.53. The summed E-state index contributed by atoms with van der Waals surface area (Å²) in [5.41, 5.74) is 1.70. The summed E-state index contributed by atoms with van der Waals surface area (Å²) < 4.78 is 18.3. The van der Waals surface area contributed by atoms with Crippen LogP contribution in [0.1, 0.15) is 23.6 Å². The molecule has 0 radical (unpaired) electrons. The van der Waals surface area contributed by atoms with E-state index >= 15 is 0 Å². The minimum Gasteiger partial charge on any atom is -0.467 e. The van der Waals surface area contributed by atoms with Gasteiger partial charge in [0.05, 0.1) is 18.7 Å². The van der Waals surface area contributed by atoms with E-state index in [9.17, 15) is 18.8 Å². The number of carbonyl (C=O) groups is 3. The fourth-order valence-electron chi connectivity index (χ4n) is 2.91. The van der Waals surface area contributed by atoms with Crippen LogP contribution in [0.2, 0.25) is 0 Å². The third-order valence-electron chi connectivity index (χ3n) is 4.35. The smallest absolute Gasteiger partial charge is 0.328 e. The quantitative estimate of drug-likeness (QED) is 0.642. The van der Waals surface area contributed by atoms with Crippen LogP contribution in [0.15, 0.2) is 48.5 Å². The molecule has 0 unspecified atom stereocenters. The number of benzene rings is 2. The van der Waals surface area contributed by atoms with Gasteiger partial charge in [0.15, 0.2) is 0 Å². The molecule has 2 rings (SSSR count). The predicted molar refractivity (Wildman–Crippen MR) is 107 cm³/mol. The van der Waals surface area contributed by atoms with Gasteiger partial charge < -0.3 is 15.4 Å². The third-order valence-corrected chi connectivity index (χ3v) is 4.35. The first kappa shape index (κ1) is 22.6. The number of rotatable bonds is 8. The molecule has 7 nitrogen and oxygen atoms in total. The fourth-order valence-corrected chi connectivity index (χ4v) is 2.91. The molecule has 2 aromatic rings. The molecule has 30 heavy (non-hydrogen) atoms. The van der Waals surface area contributed by atoms with Crippen LogP contribution in [0.4, 0.5) is 4.39 Å². The maximum absolute atomic E-state index is 13.5. The van der Waals surface area contributed by atoms with E-state index in [1.807, 2.05) is 6.07 Å². The number of carbonyl (C=O) groups excluding carboxylic acids is 3. The highest BCUT2D eigenvalue weighted by molar-refractivity contribution is 5.90. The molecule has 0 fully saturated rings. The zero-order valence-electron chi connectivity index (χ0n) is 16.6. The van der Waals surface area contributed by atoms with Gasteiger partial charge in [0.25, 0.3) is 0 Å². The van der Waals surface area contributed by atoms with E-state index < -0.39 is 35.7 Å². The Morgan fingerprint density at radius 2 is 1.70 bits per heavy atom. The predicted octanol–water partition coefficient (Wildman–Crippen LogP) is 1.65.